The highest BCUT2D eigenvalue weighted by molar-refractivity contribution is 6.05. The highest BCUT2D eigenvalue weighted by Crippen LogP contribution is 2.32. The molecule has 3 aliphatic heterocycles. The Kier molecular flexibility index (Phi) is 7.89. The summed E-state index contributed by atoms with van der Waals surface area (Å²) in [5, 5.41) is 8.08. The zero-order chi connectivity index (χ0) is 29.3. The summed E-state index contributed by atoms with van der Waals surface area (Å²) in [6.45, 7) is 0.417. The highest BCUT2D eigenvalue weighted by atomic mass is 19.4. The number of fused-ring (bicyclic) bond motifs is 2. The third-order valence-electron chi connectivity index (χ3n) is 7.56. The SMILES string of the molecule is CN1C(=O)c2cc(NC(=O)c3ccc(C(F)(F)F)cc3)ccc2OC[C@@H]2O[C@H](CNC(=O)[C@@H]3CCC(=O)N3)CC[C@@H]21. The van der Waals surface area contributed by atoms with Gasteiger partial charge in [0.25, 0.3) is 11.8 Å². The van der Waals surface area contributed by atoms with Gasteiger partial charge in [0.15, 0.2) is 0 Å². The van der Waals surface area contributed by atoms with Gasteiger partial charge < -0.3 is 30.3 Å². The fraction of sp³-hybridized carbons (Fsp3) is 0.429. The van der Waals surface area contributed by atoms with Crippen LogP contribution in [0, 0.1) is 0 Å². The average molecular weight is 575 g/mol. The van der Waals surface area contributed by atoms with E-state index in [4.69, 9.17) is 9.47 Å². The van der Waals surface area contributed by atoms with Crippen molar-refractivity contribution in [2.45, 2.75) is 56.2 Å². The van der Waals surface area contributed by atoms with E-state index < -0.39 is 29.8 Å². The lowest BCUT2D eigenvalue weighted by molar-refractivity contribution is -0.137. The minimum Gasteiger partial charge on any atom is -0.490 e. The van der Waals surface area contributed by atoms with Crippen molar-refractivity contribution in [3.63, 3.8) is 0 Å². The molecule has 0 aliphatic carbocycles. The second kappa shape index (κ2) is 11.4. The summed E-state index contributed by atoms with van der Waals surface area (Å²) in [6, 6.07) is 7.56. The number of hydrogen-bond acceptors (Lipinski definition) is 6. The molecule has 2 fully saturated rings. The maximum atomic E-state index is 13.4. The summed E-state index contributed by atoms with van der Waals surface area (Å²) in [7, 11) is 1.66. The molecule has 0 bridgehead atoms. The van der Waals surface area contributed by atoms with Gasteiger partial charge in [0, 0.05) is 31.3 Å². The second-order valence-corrected chi connectivity index (χ2v) is 10.3. The van der Waals surface area contributed by atoms with Crippen LogP contribution in [0.1, 0.15) is 52.0 Å². The van der Waals surface area contributed by atoms with Crippen molar-refractivity contribution in [2.24, 2.45) is 0 Å². The van der Waals surface area contributed by atoms with Crippen molar-refractivity contribution in [3.8, 4) is 5.75 Å². The van der Waals surface area contributed by atoms with E-state index in [9.17, 15) is 32.3 Å². The molecular weight excluding hydrogens is 545 g/mol. The molecule has 0 unspecified atom stereocenters. The lowest BCUT2D eigenvalue weighted by Gasteiger charge is -2.42. The summed E-state index contributed by atoms with van der Waals surface area (Å²) >= 11 is 0. The number of nitrogens with zero attached hydrogens (tertiary/aromatic N) is 1. The summed E-state index contributed by atoms with van der Waals surface area (Å²) in [5.74, 6) is -1.06. The van der Waals surface area contributed by atoms with E-state index in [-0.39, 0.29) is 59.8 Å². The molecule has 2 saturated heterocycles. The van der Waals surface area contributed by atoms with E-state index >= 15 is 0 Å². The number of ether oxygens (including phenoxy) is 2. The molecule has 10 nitrogen and oxygen atoms in total. The standard InChI is InChI=1S/C28H29F3N4O6/c1-35-21-9-7-18(13-32-26(38)20-8-11-24(36)34-20)41-23(21)14-40-22-10-6-17(12-19(22)27(35)39)33-25(37)15-2-4-16(5-3-15)28(29,30)31/h2-6,10,12,18,20-21,23H,7-9,11,13-14H2,1H3,(H,32,38)(H,33,37)(H,34,36)/t18-,20-,21-,23-/m0/s1. The monoisotopic (exact) mass is 574 g/mol. The normalized spacial score (nSPS) is 24.2. The number of likely N-dealkylation sites (N-methyl/N-ethyl adjacent to an activating group) is 1. The Hall–Kier alpha value is -4.13. The first-order valence-corrected chi connectivity index (χ1v) is 13.2. The van der Waals surface area contributed by atoms with Crippen LogP contribution in [0.4, 0.5) is 18.9 Å². The third-order valence-corrected chi connectivity index (χ3v) is 7.56. The van der Waals surface area contributed by atoms with Gasteiger partial charge in [-0.15, -0.1) is 0 Å². The number of carbonyl (C=O) groups is 4. The number of alkyl halides is 3. The van der Waals surface area contributed by atoms with E-state index in [0.717, 1.165) is 24.3 Å². The predicted molar refractivity (Wildman–Crippen MR) is 139 cm³/mol. The first-order valence-electron chi connectivity index (χ1n) is 13.2. The predicted octanol–water partition coefficient (Wildman–Crippen LogP) is 2.73. The van der Waals surface area contributed by atoms with Crippen molar-refractivity contribution in [1.29, 1.82) is 0 Å². The van der Waals surface area contributed by atoms with Gasteiger partial charge in [0.1, 0.15) is 24.5 Å². The van der Waals surface area contributed by atoms with Crippen LogP contribution in [0.3, 0.4) is 0 Å². The number of carbonyl (C=O) groups excluding carboxylic acids is 4. The molecular formula is C28H29F3N4O6. The molecule has 4 atom stereocenters. The zero-order valence-electron chi connectivity index (χ0n) is 22.1. The van der Waals surface area contributed by atoms with E-state index in [2.05, 4.69) is 16.0 Å². The third kappa shape index (κ3) is 6.29. The van der Waals surface area contributed by atoms with Crippen LogP contribution < -0.4 is 20.7 Å². The molecule has 218 valence electrons. The van der Waals surface area contributed by atoms with Crippen LogP contribution in [-0.4, -0.2) is 73.0 Å². The highest BCUT2D eigenvalue weighted by Gasteiger charge is 2.39. The quantitative estimate of drug-likeness (QED) is 0.505. The van der Waals surface area contributed by atoms with Crippen LogP contribution in [0.2, 0.25) is 0 Å². The minimum atomic E-state index is -4.51. The van der Waals surface area contributed by atoms with Gasteiger partial charge >= 0.3 is 6.18 Å². The van der Waals surface area contributed by atoms with Gasteiger partial charge in [-0.05, 0) is 61.7 Å². The lowest BCUT2D eigenvalue weighted by atomic mass is 9.95. The Balaban J connectivity index is 1.22. The lowest BCUT2D eigenvalue weighted by Crippen LogP contribution is -2.55. The summed E-state index contributed by atoms with van der Waals surface area (Å²) in [4.78, 5) is 51.4. The van der Waals surface area contributed by atoms with Gasteiger partial charge in [-0.1, -0.05) is 0 Å². The van der Waals surface area contributed by atoms with Crippen molar-refractivity contribution in [1.82, 2.24) is 15.5 Å². The fourth-order valence-electron chi connectivity index (χ4n) is 5.27. The van der Waals surface area contributed by atoms with Crippen molar-refractivity contribution in [3.05, 3.63) is 59.2 Å². The van der Waals surface area contributed by atoms with Crippen LogP contribution in [0.5, 0.6) is 5.75 Å². The summed E-state index contributed by atoms with van der Waals surface area (Å²) in [6.07, 6.45) is -3.26. The first-order chi connectivity index (χ1) is 19.5. The molecule has 2 aromatic rings. The van der Waals surface area contributed by atoms with Gasteiger partial charge in [0.2, 0.25) is 11.8 Å². The molecule has 2 aromatic carbocycles. The van der Waals surface area contributed by atoms with Crippen molar-refractivity contribution < 1.29 is 41.8 Å². The number of amides is 4. The molecule has 41 heavy (non-hydrogen) atoms. The maximum absolute atomic E-state index is 13.4. The van der Waals surface area contributed by atoms with E-state index in [1.807, 2.05) is 0 Å². The van der Waals surface area contributed by atoms with Crippen LogP contribution in [0.15, 0.2) is 42.5 Å². The molecule has 0 radical (unpaired) electrons. The van der Waals surface area contributed by atoms with E-state index in [0.29, 0.717) is 31.4 Å². The van der Waals surface area contributed by atoms with Crippen molar-refractivity contribution >= 4 is 29.3 Å². The number of halogens is 3. The number of rotatable bonds is 5. The topological polar surface area (TPSA) is 126 Å². The van der Waals surface area contributed by atoms with Gasteiger partial charge in [-0.3, -0.25) is 19.2 Å². The molecule has 4 amide bonds. The van der Waals surface area contributed by atoms with Gasteiger partial charge in [-0.25, -0.2) is 0 Å². The van der Waals surface area contributed by atoms with Crippen LogP contribution in [0.25, 0.3) is 0 Å². The molecule has 13 heteroatoms. The summed E-state index contributed by atoms with van der Waals surface area (Å²) in [5.41, 5.74) is -0.319. The number of hydrogen-bond donors (Lipinski definition) is 3. The van der Waals surface area contributed by atoms with Crippen molar-refractivity contribution in [2.75, 3.05) is 25.5 Å². The fourth-order valence-corrected chi connectivity index (χ4v) is 5.27. The maximum Gasteiger partial charge on any atom is 0.416 e. The van der Waals surface area contributed by atoms with Gasteiger partial charge in [0.05, 0.1) is 23.3 Å². The Morgan fingerprint density at radius 3 is 2.51 bits per heavy atom. The average Bonchev–Trinajstić information content (AvgIpc) is 3.39. The van der Waals surface area contributed by atoms with Crippen LogP contribution >= 0.6 is 0 Å². The molecule has 0 saturated carbocycles. The smallest absolute Gasteiger partial charge is 0.416 e. The first kappa shape index (κ1) is 28.4. The van der Waals surface area contributed by atoms with E-state index in [1.54, 1.807) is 18.0 Å². The van der Waals surface area contributed by atoms with Gasteiger partial charge in [-0.2, -0.15) is 13.2 Å². The Bertz CT molecular complexity index is 1350. The number of nitrogens with one attached hydrogen (secondary N) is 3. The molecule has 0 aromatic heterocycles. The molecule has 5 rings (SSSR count). The molecule has 0 spiro atoms. The largest absolute Gasteiger partial charge is 0.490 e. The Labute approximate surface area is 233 Å². The summed E-state index contributed by atoms with van der Waals surface area (Å²) < 4.78 is 50.6. The Morgan fingerprint density at radius 2 is 1.83 bits per heavy atom. The molecule has 3 aliphatic rings. The Morgan fingerprint density at radius 1 is 1.07 bits per heavy atom. The van der Waals surface area contributed by atoms with Crippen LogP contribution in [-0.2, 0) is 20.5 Å². The molecule has 3 N–H and O–H groups in total. The number of anilines is 1. The molecule has 3 heterocycles. The minimum absolute atomic E-state index is 0.0328. The zero-order valence-corrected chi connectivity index (χ0v) is 22.1. The number of benzene rings is 2. The second-order valence-electron chi connectivity index (χ2n) is 10.3. The van der Waals surface area contributed by atoms with E-state index in [1.165, 1.54) is 12.1 Å².